The second-order valence-corrected chi connectivity index (χ2v) is 15.0. The number of aryl methyl sites for hydroxylation is 3. The number of aromatic nitrogens is 5. The van der Waals surface area contributed by atoms with Gasteiger partial charge in [0.1, 0.15) is 13.1 Å². The van der Waals surface area contributed by atoms with Crippen molar-refractivity contribution < 1.29 is 50.6 Å². The van der Waals surface area contributed by atoms with E-state index in [1.54, 1.807) is 77.2 Å². The van der Waals surface area contributed by atoms with Crippen LogP contribution in [0.2, 0.25) is 0 Å². The molecule has 6 aromatic rings. The van der Waals surface area contributed by atoms with E-state index in [0.29, 0.717) is 13.2 Å². The summed E-state index contributed by atoms with van der Waals surface area (Å²) in [4.78, 5) is 16.0. The summed E-state index contributed by atoms with van der Waals surface area (Å²) in [6.07, 6.45) is 16.0. The molecule has 0 bridgehead atoms. The van der Waals surface area contributed by atoms with Crippen molar-refractivity contribution in [3.05, 3.63) is 179 Å². The highest BCUT2D eigenvalue weighted by atomic mass is 16.6. The molecule has 0 unspecified atom stereocenters. The number of hydrogen-bond acceptors (Lipinski definition) is 9. The maximum absolute atomic E-state index is 11.1. The summed E-state index contributed by atoms with van der Waals surface area (Å²) in [5.41, 5.74) is 4.38. The molecule has 350 valence electrons. The van der Waals surface area contributed by atoms with E-state index in [1.807, 2.05) is 106 Å². The van der Waals surface area contributed by atoms with Crippen LogP contribution in [0, 0.1) is 36.4 Å². The van der Waals surface area contributed by atoms with E-state index in [1.165, 1.54) is 37.0 Å². The van der Waals surface area contributed by atoms with Crippen LogP contribution in [0.15, 0.2) is 151 Å². The number of para-hydroxylation sites is 1. The van der Waals surface area contributed by atoms with Crippen LogP contribution in [0.4, 0.5) is 0 Å². The molecule has 0 amide bonds. The Labute approximate surface area is 373 Å². The van der Waals surface area contributed by atoms with Crippen molar-refractivity contribution in [1.82, 2.24) is 15.0 Å². The number of pyridine rings is 5. The minimum Gasteiger partial charge on any atom is -0.633 e. The Hall–Kier alpha value is -5.86. The maximum atomic E-state index is 11.1. The molecule has 5 aromatic heterocycles. The molecule has 0 saturated carbocycles. The van der Waals surface area contributed by atoms with Crippen molar-refractivity contribution in [3.8, 4) is 0 Å². The number of ether oxygens (including phenoxy) is 1. The van der Waals surface area contributed by atoms with Gasteiger partial charge in [-0.15, -0.1) is 0 Å². The predicted molar refractivity (Wildman–Crippen MR) is 251 cm³/mol. The van der Waals surface area contributed by atoms with Gasteiger partial charge < -0.3 is 46.9 Å². The van der Waals surface area contributed by atoms with E-state index >= 15 is 0 Å². The average Bonchev–Trinajstić information content (AvgIpc) is 3.61. The number of likely N-dealkylation sites (N-methyl/N-ethyl adjacent to an activating group) is 1. The normalized spacial score (nSPS) is 13.0. The number of nitrogens with zero attached hydrogens (tertiary/aromatic N) is 8. The van der Waals surface area contributed by atoms with Crippen LogP contribution < -0.4 is 9.46 Å². The summed E-state index contributed by atoms with van der Waals surface area (Å²) in [6, 6.07) is 32.0. The third kappa shape index (κ3) is 37.6. The maximum Gasteiger partial charge on any atom is 0.223 e. The second-order valence-electron chi connectivity index (χ2n) is 15.0. The SMILES string of the molecule is CC1(C)CCC=N1.C[N+](C)(C)[O-].C[N+]1(O)CCOCC1.Cc1ccccn1.Cc1ccccn1.Cc1ccncc1.O.O.O.O.[O-][n+]1cccc2ccccc21.[O-][n+]1ccccc1. The highest BCUT2D eigenvalue weighted by molar-refractivity contribution is 5.75. The van der Waals surface area contributed by atoms with Crippen molar-refractivity contribution in [3.63, 3.8) is 0 Å². The predicted octanol–water partition coefficient (Wildman–Crippen LogP) is 4.34. The zero-order valence-electron chi connectivity index (χ0n) is 38.3. The Morgan fingerprint density at radius 2 is 1.14 bits per heavy atom. The van der Waals surface area contributed by atoms with E-state index in [9.17, 15) is 20.8 Å². The number of morpholine rings is 1. The summed E-state index contributed by atoms with van der Waals surface area (Å²) < 4.78 is 6.52. The molecule has 1 aromatic carbocycles. The third-order valence-corrected chi connectivity index (χ3v) is 7.59. The molecule has 0 spiro atoms. The molecule has 17 nitrogen and oxygen atoms in total. The minimum absolute atomic E-state index is 0. The van der Waals surface area contributed by atoms with Gasteiger partial charge in [-0.1, -0.05) is 30.3 Å². The van der Waals surface area contributed by atoms with Crippen LogP contribution in [-0.2, 0) is 4.74 Å². The smallest absolute Gasteiger partial charge is 0.223 e. The molecular weight excluding hydrogens is 809 g/mol. The van der Waals surface area contributed by atoms with Gasteiger partial charge in [-0.05, 0) is 108 Å². The Balaban J connectivity index is -0.000000316. The summed E-state index contributed by atoms with van der Waals surface area (Å²) in [5, 5.41) is 41.5. The Morgan fingerprint density at radius 3 is 1.43 bits per heavy atom. The topological polar surface area (TPSA) is 283 Å². The molecule has 8 rings (SSSR count). The van der Waals surface area contributed by atoms with Gasteiger partial charge in [0.2, 0.25) is 5.52 Å². The van der Waals surface area contributed by atoms with E-state index in [4.69, 9.17) is 4.74 Å². The first-order valence-electron chi connectivity index (χ1n) is 19.4. The molecule has 63 heavy (non-hydrogen) atoms. The van der Waals surface area contributed by atoms with Crippen LogP contribution in [0.1, 0.15) is 43.6 Å². The van der Waals surface area contributed by atoms with Gasteiger partial charge in [0.05, 0.1) is 46.9 Å². The second kappa shape index (κ2) is 35.7. The van der Waals surface area contributed by atoms with Crippen molar-refractivity contribution >= 4 is 17.1 Å². The first kappa shape index (κ1) is 63.8. The Morgan fingerprint density at radius 1 is 0.667 bits per heavy atom. The first-order chi connectivity index (χ1) is 27.9. The lowest BCUT2D eigenvalue weighted by molar-refractivity contribution is -1.09. The Bertz CT molecular complexity index is 1790. The molecule has 9 N–H and O–H groups in total. The molecular formula is C46H73N8O9+. The molecule has 0 aliphatic carbocycles. The summed E-state index contributed by atoms with van der Waals surface area (Å²) in [6.45, 7) is 13.1. The van der Waals surface area contributed by atoms with Gasteiger partial charge in [0, 0.05) is 65.8 Å². The largest absolute Gasteiger partial charge is 0.633 e. The standard InChI is InChI=1S/C9H7NO.C6H11N.3C6H7N.C5H12NO2.C5H5NO.C3H9NO.4H2O/c11-10-7-3-5-8-4-1-2-6-9(8)10;1-6(2)4-3-5-7-6;1-6-2-4-7-5-3-6;2*1-6-4-2-3-5-7-6;1-6(7)2-4-8-5-3-6;7-6-4-2-1-3-5-6;1-4(2,3)5;;;;/h1-7H;5H,3-4H2,1-2H3;3*2-5H,1H3;7H,2-5H2,1H3;1-5H;1-3H3;4*1H2/q;;;;;+1;;;;;;. The number of quaternary nitrogens is 2. The lowest BCUT2D eigenvalue weighted by atomic mass is 10.0. The van der Waals surface area contributed by atoms with Gasteiger partial charge in [-0.25, -0.2) is 5.21 Å². The fraction of sp³-hybridized carbons (Fsp3) is 0.348. The number of aliphatic imine (C=N–C) groups is 1. The minimum atomic E-state index is -0.250. The number of benzene rings is 1. The molecule has 0 radical (unpaired) electrons. The van der Waals surface area contributed by atoms with Crippen LogP contribution in [0.25, 0.3) is 10.9 Å². The summed E-state index contributed by atoms with van der Waals surface area (Å²) >= 11 is 0. The zero-order chi connectivity index (χ0) is 44.0. The molecule has 1 fully saturated rings. The number of hydrogen-bond donors (Lipinski definition) is 1. The van der Waals surface area contributed by atoms with Gasteiger partial charge in [0.25, 0.3) is 0 Å². The summed E-state index contributed by atoms with van der Waals surface area (Å²) in [5.74, 6) is 0. The van der Waals surface area contributed by atoms with E-state index < -0.39 is 0 Å². The number of hydroxylamine groups is 6. The fourth-order valence-electron chi connectivity index (χ4n) is 4.37. The first-order valence-corrected chi connectivity index (χ1v) is 19.4. The molecule has 1 saturated heterocycles. The molecule has 7 heterocycles. The van der Waals surface area contributed by atoms with Crippen LogP contribution in [0.3, 0.4) is 0 Å². The van der Waals surface area contributed by atoms with E-state index in [-0.39, 0.29) is 36.7 Å². The van der Waals surface area contributed by atoms with Crippen LogP contribution in [0.5, 0.6) is 0 Å². The number of fused-ring (bicyclic) bond motifs is 1. The van der Waals surface area contributed by atoms with Crippen LogP contribution >= 0.6 is 0 Å². The number of rotatable bonds is 0. The Kier molecular flexibility index (Phi) is 36.1. The molecule has 17 heteroatoms. The molecule has 2 aliphatic heterocycles. The van der Waals surface area contributed by atoms with Crippen molar-refractivity contribution in [2.75, 3.05) is 54.5 Å². The molecule has 2 aliphatic rings. The van der Waals surface area contributed by atoms with Gasteiger partial charge >= 0.3 is 0 Å². The average molecular weight is 882 g/mol. The van der Waals surface area contributed by atoms with Gasteiger partial charge in [-0.2, -0.15) is 14.1 Å². The molecule has 0 atom stereocenters. The van der Waals surface area contributed by atoms with E-state index in [2.05, 4.69) is 33.8 Å². The van der Waals surface area contributed by atoms with Crippen molar-refractivity contribution in [1.29, 1.82) is 0 Å². The summed E-state index contributed by atoms with van der Waals surface area (Å²) in [7, 11) is 6.50. The zero-order valence-corrected chi connectivity index (χ0v) is 38.3. The fourth-order valence-corrected chi connectivity index (χ4v) is 4.37. The van der Waals surface area contributed by atoms with E-state index in [0.717, 1.165) is 44.8 Å². The highest BCUT2D eigenvalue weighted by Crippen LogP contribution is 2.20. The van der Waals surface area contributed by atoms with Crippen molar-refractivity contribution in [2.45, 2.75) is 53.0 Å². The van der Waals surface area contributed by atoms with Gasteiger partial charge in [0.15, 0.2) is 18.6 Å². The van der Waals surface area contributed by atoms with Crippen molar-refractivity contribution in [2.24, 2.45) is 4.99 Å². The third-order valence-electron chi connectivity index (χ3n) is 7.59. The quantitative estimate of drug-likeness (QED) is 0.0989. The lowest BCUT2D eigenvalue weighted by Crippen LogP contribution is -2.48. The monoisotopic (exact) mass is 882 g/mol. The van der Waals surface area contributed by atoms with Crippen LogP contribution in [-0.4, -0.2) is 118 Å². The van der Waals surface area contributed by atoms with Gasteiger partial charge in [-0.3, -0.25) is 19.9 Å². The highest BCUT2D eigenvalue weighted by Gasteiger charge is 2.22. The lowest BCUT2D eigenvalue weighted by Gasteiger charge is -2.28.